The molecule has 0 bridgehead atoms. The molecule has 0 fully saturated rings. The zero-order chi connectivity index (χ0) is 21.1. The number of hydrogen-bond donors (Lipinski definition) is 0. The Bertz CT molecular complexity index is 1710. The molecule has 0 spiro atoms. The monoisotopic (exact) mass is 404 g/mol. The Labute approximate surface area is 187 Å². The van der Waals surface area contributed by atoms with Crippen LogP contribution in [0.2, 0.25) is 0 Å². The summed E-state index contributed by atoms with van der Waals surface area (Å²) in [6, 6.07) is 42.1. The number of hydrogen-bond acceptors (Lipinski definition) is 0. The molecule has 0 heteroatoms. The molecule has 32 heavy (non-hydrogen) atoms. The molecule has 1 aliphatic rings. The van der Waals surface area contributed by atoms with Crippen LogP contribution in [0, 0.1) is 0 Å². The van der Waals surface area contributed by atoms with E-state index >= 15 is 0 Å². The second-order valence-electron chi connectivity index (χ2n) is 8.58. The molecule has 0 nitrogen and oxygen atoms in total. The van der Waals surface area contributed by atoms with Crippen molar-refractivity contribution in [1.29, 1.82) is 0 Å². The highest BCUT2D eigenvalue weighted by atomic mass is 14.2. The van der Waals surface area contributed by atoms with Crippen LogP contribution in [0.4, 0.5) is 0 Å². The van der Waals surface area contributed by atoms with Gasteiger partial charge in [0, 0.05) is 0 Å². The largest absolute Gasteiger partial charge is 0.0616 e. The maximum absolute atomic E-state index is 2.40. The zero-order valence-corrected chi connectivity index (χ0v) is 17.5. The zero-order valence-electron chi connectivity index (χ0n) is 17.5. The Hall–Kier alpha value is -4.16. The Morgan fingerprint density at radius 3 is 1.78 bits per heavy atom. The molecule has 148 valence electrons. The minimum absolute atomic E-state index is 1.27. The molecule has 0 unspecified atom stereocenters. The molecule has 6 aromatic rings. The van der Waals surface area contributed by atoms with Crippen molar-refractivity contribution in [2.24, 2.45) is 0 Å². The molecule has 1 aliphatic carbocycles. The van der Waals surface area contributed by atoms with Crippen molar-refractivity contribution in [3.63, 3.8) is 0 Å². The Morgan fingerprint density at radius 1 is 0.375 bits per heavy atom. The SMILES string of the molecule is C1=C(c2cccc3ccccc23)c2cc3ccccc3cc2-c2cccc3cccc1c23. The molecule has 0 atom stereocenters. The lowest BCUT2D eigenvalue weighted by Gasteiger charge is -2.16. The average molecular weight is 405 g/mol. The molecule has 0 saturated heterocycles. The van der Waals surface area contributed by atoms with E-state index in [0.29, 0.717) is 0 Å². The summed E-state index contributed by atoms with van der Waals surface area (Å²) in [6.45, 7) is 0. The van der Waals surface area contributed by atoms with Gasteiger partial charge in [-0.15, -0.1) is 0 Å². The van der Waals surface area contributed by atoms with Crippen LogP contribution >= 0.6 is 0 Å². The normalized spacial score (nSPS) is 12.6. The van der Waals surface area contributed by atoms with Crippen molar-refractivity contribution in [2.75, 3.05) is 0 Å². The van der Waals surface area contributed by atoms with Crippen LogP contribution in [-0.2, 0) is 0 Å². The molecule has 0 aromatic heterocycles. The van der Waals surface area contributed by atoms with E-state index in [-0.39, 0.29) is 0 Å². The second kappa shape index (κ2) is 6.67. The highest BCUT2D eigenvalue weighted by molar-refractivity contribution is 6.15. The van der Waals surface area contributed by atoms with E-state index in [0.717, 1.165) is 0 Å². The van der Waals surface area contributed by atoms with Gasteiger partial charge < -0.3 is 0 Å². The van der Waals surface area contributed by atoms with Crippen LogP contribution in [0.5, 0.6) is 0 Å². The van der Waals surface area contributed by atoms with E-state index in [1.807, 2.05) is 0 Å². The Kier molecular flexibility index (Phi) is 3.65. The molecular weight excluding hydrogens is 384 g/mol. The van der Waals surface area contributed by atoms with Gasteiger partial charge in [0.2, 0.25) is 0 Å². The number of fused-ring (bicyclic) bond motifs is 4. The quantitative estimate of drug-likeness (QED) is 0.257. The van der Waals surface area contributed by atoms with E-state index in [9.17, 15) is 0 Å². The molecule has 0 heterocycles. The molecule has 6 aromatic carbocycles. The van der Waals surface area contributed by atoms with Crippen molar-refractivity contribution in [3.05, 3.63) is 132 Å². The van der Waals surface area contributed by atoms with Crippen LogP contribution in [0.1, 0.15) is 16.7 Å². The van der Waals surface area contributed by atoms with Crippen LogP contribution in [0.25, 0.3) is 55.1 Å². The predicted octanol–water partition coefficient (Wildman–Crippen LogP) is 8.72. The maximum Gasteiger partial charge on any atom is -0.00324 e. The van der Waals surface area contributed by atoms with E-state index in [2.05, 4.69) is 121 Å². The third-order valence-electron chi connectivity index (χ3n) is 6.78. The van der Waals surface area contributed by atoms with Gasteiger partial charge in [0.15, 0.2) is 0 Å². The van der Waals surface area contributed by atoms with E-state index < -0.39 is 0 Å². The summed E-state index contributed by atoms with van der Waals surface area (Å²) >= 11 is 0. The topological polar surface area (TPSA) is 0 Å². The maximum atomic E-state index is 2.40. The first-order valence-corrected chi connectivity index (χ1v) is 11.1. The van der Waals surface area contributed by atoms with Crippen molar-refractivity contribution in [3.8, 4) is 11.1 Å². The van der Waals surface area contributed by atoms with Gasteiger partial charge in [-0.2, -0.15) is 0 Å². The predicted molar refractivity (Wildman–Crippen MR) is 138 cm³/mol. The third-order valence-corrected chi connectivity index (χ3v) is 6.78. The second-order valence-corrected chi connectivity index (χ2v) is 8.58. The summed E-state index contributed by atoms with van der Waals surface area (Å²) in [5.41, 5.74) is 7.75. The lowest BCUT2D eigenvalue weighted by atomic mass is 9.87. The fourth-order valence-corrected chi connectivity index (χ4v) is 5.32. The van der Waals surface area contributed by atoms with Gasteiger partial charge in [-0.1, -0.05) is 103 Å². The summed E-state index contributed by atoms with van der Waals surface area (Å²) in [4.78, 5) is 0. The van der Waals surface area contributed by atoms with Crippen LogP contribution in [-0.4, -0.2) is 0 Å². The van der Waals surface area contributed by atoms with Crippen LogP contribution in [0.15, 0.2) is 115 Å². The van der Waals surface area contributed by atoms with Crippen molar-refractivity contribution in [1.82, 2.24) is 0 Å². The van der Waals surface area contributed by atoms with E-state index in [1.54, 1.807) is 0 Å². The van der Waals surface area contributed by atoms with Crippen molar-refractivity contribution in [2.45, 2.75) is 0 Å². The van der Waals surface area contributed by atoms with Gasteiger partial charge in [-0.25, -0.2) is 0 Å². The number of rotatable bonds is 1. The summed E-state index contributed by atoms with van der Waals surface area (Å²) in [5.74, 6) is 0. The number of benzene rings is 6. The first-order chi connectivity index (χ1) is 15.9. The molecule has 0 saturated carbocycles. The van der Waals surface area contributed by atoms with Crippen molar-refractivity contribution >= 4 is 44.0 Å². The summed E-state index contributed by atoms with van der Waals surface area (Å²) in [5, 5.41) is 7.73. The van der Waals surface area contributed by atoms with E-state index in [1.165, 1.54) is 65.7 Å². The fourth-order valence-electron chi connectivity index (χ4n) is 5.32. The Balaban J connectivity index is 1.68. The summed E-state index contributed by atoms with van der Waals surface area (Å²) in [6.07, 6.45) is 2.40. The smallest absolute Gasteiger partial charge is 0.00324 e. The van der Waals surface area contributed by atoms with Crippen LogP contribution in [0.3, 0.4) is 0 Å². The molecule has 0 radical (unpaired) electrons. The van der Waals surface area contributed by atoms with Gasteiger partial charge in [-0.3, -0.25) is 0 Å². The lowest BCUT2D eigenvalue weighted by Crippen LogP contribution is -1.93. The molecule has 7 rings (SSSR count). The van der Waals surface area contributed by atoms with Gasteiger partial charge in [0.1, 0.15) is 0 Å². The van der Waals surface area contributed by atoms with Gasteiger partial charge in [0.25, 0.3) is 0 Å². The van der Waals surface area contributed by atoms with Gasteiger partial charge >= 0.3 is 0 Å². The Morgan fingerprint density at radius 2 is 0.969 bits per heavy atom. The first kappa shape index (κ1) is 17.5. The first-order valence-electron chi connectivity index (χ1n) is 11.1. The highest BCUT2D eigenvalue weighted by Gasteiger charge is 2.20. The molecule has 0 amide bonds. The van der Waals surface area contributed by atoms with Gasteiger partial charge in [0.05, 0.1) is 0 Å². The van der Waals surface area contributed by atoms with Crippen LogP contribution < -0.4 is 0 Å². The standard InChI is InChI=1S/C32H20/c1-2-10-24-19-31-29(27-16-6-11-21-8-3-4-15-26(21)27)20-25-14-5-12-22-13-7-17-28(32(22)25)30(31)18-23(24)9-1/h1-20H. The third kappa shape index (κ3) is 2.50. The summed E-state index contributed by atoms with van der Waals surface area (Å²) < 4.78 is 0. The lowest BCUT2D eigenvalue weighted by molar-refractivity contribution is 1.61. The average Bonchev–Trinajstić information content (AvgIpc) is 2.99. The highest BCUT2D eigenvalue weighted by Crippen LogP contribution is 2.45. The fraction of sp³-hybridized carbons (Fsp3) is 0. The minimum Gasteiger partial charge on any atom is -0.0616 e. The molecular formula is C32H20. The van der Waals surface area contributed by atoms with Crippen molar-refractivity contribution < 1.29 is 0 Å². The molecule has 0 N–H and O–H groups in total. The summed E-state index contributed by atoms with van der Waals surface area (Å²) in [7, 11) is 0. The molecule has 0 aliphatic heterocycles. The van der Waals surface area contributed by atoms with Gasteiger partial charge in [-0.05, 0) is 83.9 Å². The minimum atomic E-state index is 1.27. The van der Waals surface area contributed by atoms with E-state index in [4.69, 9.17) is 0 Å².